The Kier molecular flexibility index (Phi) is 5.85. The lowest BCUT2D eigenvalue weighted by Gasteiger charge is -2.48. The van der Waals surface area contributed by atoms with Crippen LogP contribution >= 0.6 is 0 Å². The largest absolute Gasteiger partial charge is 0.353 e. The van der Waals surface area contributed by atoms with Crippen molar-refractivity contribution in [1.29, 1.82) is 0 Å². The Morgan fingerprint density at radius 3 is 2.34 bits per heavy atom. The number of nitrogens with one attached hydrogen (secondary N) is 2. The monoisotopic (exact) mass is 398 g/mol. The number of H-pyrrole nitrogens is 1. The van der Waals surface area contributed by atoms with Gasteiger partial charge >= 0.3 is 0 Å². The first-order valence-corrected chi connectivity index (χ1v) is 10.8. The highest BCUT2D eigenvalue weighted by atomic mass is 16.2. The predicted octanol–water partition coefficient (Wildman–Crippen LogP) is 1.99. The third kappa shape index (κ3) is 4.15. The Morgan fingerprint density at radius 2 is 1.62 bits per heavy atom. The lowest BCUT2D eigenvalue weighted by Crippen LogP contribution is -2.58. The van der Waals surface area contributed by atoms with E-state index in [4.69, 9.17) is 0 Å². The van der Waals surface area contributed by atoms with Gasteiger partial charge in [0.2, 0.25) is 5.91 Å². The van der Waals surface area contributed by atoms with Crippen LogP contribution in [0.4, 0.5) is 0 Å². The molecule has 0 radical (unpaired) electrons. The van der Waals surface area contributed by atoms with Crippen LogP contribution in [-0.4, -0.2) is 45.8 Å². The molecule has 0 bridgehead atoms. The van der Waals surface area contributed by atoms with Crippen LogP contribution in [0, 0.1) is 0 Å². The highest BCUT2D eigenvalue weighted by Crippen LogP contribution is 2.35. The molecule has 1 aromatic heterocycles. The van der Waals surface area contributed by atoms with Crippen LogP contribution in [0.15, 0.2) is 33.9 Å². The molecule has 7 heteroatoms. The summed E-state index contributed by atoms with van der Waals surface area (Å²) in [6.07, 6.45) is 9.62. The van der Waals surface area contributed by atoms with E-state index in [1.54, 1.807) is 24.3 Å². The summed E-state index contributed by atoms with van der Waals surface area (Å²) in [5, 5.41) is 6.29. The molecule has 1 aliphatic heterocycles. The van der Waals surface area contributed by atoms with E-state index >= 15 is 0 Å². The molecular formula is C22H30N4O3. The lowest BCUT2D eigenvalue weighted by molar-refractivity contribution is -0.122. The van der Waals surface area contributed by atoms with E-state index < -0.39 is 0 Å². The van der Waals surface area contributed by atoms with E-state index in [2.05, 4.69) is 15.3 Å². The van der Waals surface area contributed by atoms with Gasteiger partial charge < -0.3 is 5.32 Å². The average molecular weight is 399 g/mol. The topological polar surface area (TPSA) is 87.2 Å². The number of fused-ring (bicyclic) bond motifs is 1. The molecule has 2 fully saturated rings. The van der Waals surface area contributed by atoms with Crippen molar-refractivity contribution >= 4 is 16.7 Å². The zero-order valence-electron chi connectivity index (χ0n) is 16.9. The van der Waals surface area contributed by atoms with E-state index in [9.17, 15) is 14.4 Å². The molecule has 156 valence electrons. The number of carbonyl (C=O) groups excluding carboxylic acids is 1. The van der Waals surface area contributed by atoms with Gasteiger partial charge in [0.15, 0.2) is 0 Å². The quantitative estimate of drug-likeness (QED) is 0.806. The van der Waals surface area contributed by atoms with Gasteiger partial charge in [0.05, 0.1) is 10.8 Å². The van der Waals surface area contributed by atoms with Crippen molar-refractivity contribution in [3.8, 4) is 0 Å². The molecule has 2 aromatic rings. The van der Waals surface area contributed by atoms with E-state index in [1.165, 1.54) is 38.5 Å². The Bertz CT molecular complexity index is 981. The van der Waals surface area contributed by atoms with Gasteiger partial charge in [0.1, 0.15) is 6.54 Å². The highest BCUT2D eigenvalue weighted by molar-refractivity contribution is 5.81. The summed E-state index contributed by atoms with van der Waals surface area (Å²) in [6.45, 7) is 2.65. The number of piperidine rings is 1. The minimum atomic E-state index is -0.356. The molecule has 29 heavy (non-hydrogen) atoms. The zero-order chi connectivity index (χ0) is 20.3. The van der Waals surface area contributed by atoms with Crippen molar-refractivity contribution in [3.63, 3.8) is 0 Å². The number of aromatic amines is 1. The highest BCUT2D eigenvalue weighted by Gasteiger charge is 2.38. The zero-order valence-corrected chi connectivity index (χ0v) is 16.9. The molecule has 0 unspecified atom stereocenters. The SMILES string of the molecule is O=C(Cn1[nH]c(=O)c2ccccc2c1=O)NCC1(N2CCCCC2)CCCCC1. The Morgan fingerprint density at radius 1 is 0.966 bits per heavy atom. The van der Waals surface area contributed by atoms with E-state index in [-0.39, 0.29) is 29.1 Å². The Balaban J connectivity index is 1.48. The maximum atomic E-state index is 12.7. The normalized spacial score (nSPS) is 19.9. The molecule has 1 saturated heterocycles. The fourth-order valence-electron chi connectivity index (χ4n) is 5.00. The molecule has 2 heterocycles. The second-order valence-electron chi connectivity index (χ2n) is 8.49. The molecule has 0 spiro atoms. The van der Waals surface area contributed by atoms with E-state index in [0.717, 1.165) is 30.6 Å². The lowest BCUT2D eigenvalue weighted by atomic mass is 9.79. The van der Waals surface area contributed by atoms with Crippen LogP contribution in [-0.2, 0) is 11.3 Å². The number of carbonyl (C=O) groups is 1. The number of nitrogens with zero attached hydrogens (tertiary/aromatic N) is 2. The number of rotatable bonds is 5. The summed E-state index contributed by atoms with van der Waals surface area (Å²) in [4.78, 5) is 40.1. The van der Waals surface area contributed by atoms with Gasteiger partial charge in [-0.25, -0.2) is 4.68 Å². The molecule has 1 aliphatic carbocycles. The summed E-state index contributed by atoms with van der Waals surface area (Å²) >= 11 is 0. The first-order valence-electron chi connectivity index (χ1n) is 10.8. The van der Waals surface area contributed by atoms with Gasteiger partial charge in [0, 0.05) is 12.1 Å². The van der Waals surface area contributed by atoms with Crippen LogP contribution < -0.4 is 16.4 Å². The smallest absolute Gasteiger partial charge is 0.273 e. The third-order valence-electron chi connectivity index (χ3n) is 6.61. The van der Waals surface area contributed by atoms with Crippen molar-refractivity contribution in [2.45, 2.75) is 63.5 Å². The predicted molar refractivity (Wildman–Crippen MR) is 113 cm³/mol. The molecule has 0 atom stereocenters. The summed E-state index contributed by atoms with van der Waals surface area (Å²) in [6, 6.07) is 6.68. The summed E-state index contributed by atoms with van der Waals surface area (Å²) < 4.78 is 1.12. The maximum Gasteiger partial charge on any atom is 0.273 e. The summed E-state index contributed by atoms with van der Waals surface area (Å²) in [5.41, 5.74) is -0.667. The molecule has 4 rings (SSSR count). The van der Waals surface area contributed by atoms with E-state index in [0.29, 0.717) is 17.3 Å². The second-order valence-corrected chi connectivity index (χ2v) is 8.49. The van der Waals surface area contributed by atoms with Crippen LogP contribution in [0.5, 0.6) is 0 Å². The van der Waals surface area contributed by atoms with E-state index in [1.807, 2.05) is 0 Å². The van der Waals surface area contributed by atoms with Crippen molar-refractivity contribution in [2.24, 2.45) is 0 Å². The number of hydrogen-bond acceptors (Lipinski definition) is 4. The van der Waals surface area contributed by atoms with Gasteiger partial charge in [-0.1, -0.05) is 37.8 Å². The standard InChI is InChI=1S/C22H30N4O3/c27-19(15-26-21(29)18-10-4-3-9-17(18)20(28)24-26)23-16-22(11-5-1-6-12-22)25-13-7-2-8-14-25/h3-4,9-10H,1-2,5-8,11-16H2,(H,23,27)(H,24,28). The van der Waals surface area contributed by atoms with Gasteiger partial charge in [0.25, 0.3) is 11.1 Å². The average Bonchev–Trinajstić information content (AvgIpc) is 2.77. The molecule has 1 aromatic carbocycles. The Labute approximate surface area is 170 Å². The minimum absolute atomic E-state index is 0.0378. The summed E-state index contributed by atoms with van der Waals surface area (Å²) in [5.74, 6) is -0.236. The van der Waals surface area contributed by atoms with Crippen molar-refractivity contribution in [3.05, 3.63) is 45.0 Å². The van der Waals surface area contributed by atoms with Crippen LogP contribution in [0.3, 0.4) is 0 Å². The number of aromatic nitrogens is 2. The molecule has 2 aliphatic rings. The van der Waals surface area contributed by atoms with Crippen molar-refractivity contribution in [1.82, 2.24) is 20.0 Å². The van der Waals surface area contributed by atoms with Gasteiger partial charge in [-0.3, -0.25) is 24.4 Å². The molecule has 7 nitrogen and oxygen atoms in total. The van der Waals surface area contributed by atoms with Crippen LogP contribution in [0.1, 0.15) is 51.4 Å². The van der Waals surface area contributed by atoms with Crippen molar-refractivity contribution in [2.75, 3.05) is 19.6 Å². The third-order valence-corrected chi connectivity index (χ3v) is 6.61. The number of hydrogen-bond donors (Lipinski definition) is 2. The maximum absolute atomic E-state index is 12.7. The van der Waals surface area contributed by atoms with Gasteiger partial charge in [-0.2, -0.15) is 0 Å². The van der Waals surface area contributed by atoms with Crippen LogP contribution in [0.2, 0.25) is 0 Å². The van der Waals surface area contributed by atoms with Gasteiger partial charge in [-0.05, 0) is 50.9 Å². The molecule has 2 N–H and O–H groups in total. The van der Waals surface area contributed by atoms with Crippen molar-refractivity contribution < 1.29 is 4.79 Å². The molecular weight excluding hydrogens is 368 g/mol. The first-order chi connectivity index (χ1) is 14.1. The van der Waals surface area contributed by atoms with Crippen LogP contribution in [0.25, 0.3) is 10.8 Å². The fraction of sp³-hybridized carbons (Fsp3) is 0.591. The second kappa shape index (κ2) is 8.53. The number of benzene rings is 1. The van der Waals surface area contributed by atoms with Gasteiger partial charge in [-0.15, -0.1) is 0 Å². The molecule has 1 saturated carbocycles. The molecule has 1 amide bonds. The first kappa shape index (κ1) is 19.9. The minimum Gasteiger partial charge on any atom is -0.353 e. The number of likely N-dealkylation sites (tertiary alicyclic amines) is 1. The fourth-order valence-corrected chi connectivity index (χ4v) is 5.00. The Hall–Kier alpha value is -2.41. The number of amides is 1. The summed E-state index contributed by atoms with van der Waals surface area (Å²) in [7, 11) is 0.